The van der Waals surface area contributed by atoms with Gasteiger partial charge in [0.1, 0.15) is 16.7 Å². The summed E-state index contributed by atoms with van der Waals surface area (Å²) in [4.78, 5) is 30.7. The van der Waals surface area contributed by atoms with Crippen LogP contribution < -0.4 is 15.6 Å². The maximum atomic E-state index is 13.2. The summed E-state index contributed by atoms with van der Waals surface area (Å²) in [6.07, 6.45) is 4.72. The molecular weight excluding hydrogens is 518 g/mol. The molecule has 3 aromatic carbocycles. The molecule has 2 aliphatic heterocycles. The van der Waals surface area contributed by atoms with E-state index in [0.717, 1.165) is 53.4 Å². The summed E-state index contributed by atoms with van der Waals surface area (Å²) >= 11 is 0. The molecule has 0 bridgehead atoms. The lowest BCUT2D eigenvalue weighted by molar-refractivity contribution is -0.117. The number of para-hydroxylation sites is 2. The Kier molecular flexibility index (Phi) is 6.94. The van der Waals surface area contributed by atoms with E-state index in [4.69, 9.17) is 13.6 Å². The topological polar surface area (TPSA) is 88.2 Å². The summed E-state index contributed by atoms with van der Waals surface area (Å²) in [7, 11) is 0. The van der Waals surface area contributed by atoms with Gasteiger partial charge in [0.05, 0.1) is 36.2 Å². The van der Waals surface area contributed by atoms with Crippen LogP contribution in [0, 0.1) is 0 Å². The molecule has 8 heteroatoms. The third kappa shape index (κ3) is 4.98. The predicted molar refractivity (Wildman–Crippen MR) is 162 cm³/mol. The molecule has 210 valence electrons. The fraction of sp³-hybridized carbons (Fsp3) is 0.333. The van der Waals surface area contributed by atoms with Gasteiger partial charge in [-0.25, -0.2) is 0 Å². The van der Waals surface area contributed by atoms with Crippen molar-refractivity contribution in [3.63, 3.8) is 0 Å². The van der Waals surface area contributed by atoms with E-state index in [-0.39, 0.29) is 11.3 Å². The lowest BCUT2D eigenvalue weighted by Gasteiger charge is -2.27. The largest absolute Gasteiger partial charge is 0.455 e. The number of hydrogen-bond donors (Lipinski definition) is 1. The Morgan fingerprint density at radius 1 is 0.780 bits per heavy atom. The van der Waals surface area contributed by atoms with Crippen molar-refractivity contribution in [1.29, 1.82) is 0 Å². The maximum absolute atomic E-state index is 13.2. The number of benzene rings is 3. The number of ether oxygens (including phenoxy) is 1. The Balaban J connectivity index is 1.33. The highest BCUT2D eigenvalue weighted by Crippen LogP contribution is 2.42. The third-order valence-electron chi connectivity index (χ3n) is 8.22. The smallest absolute Gasteiger partial charge is 0.238 e. The Labute approximate surface area is 237 Å². The van der Waals surface area contributed by atoms with Crippen molar-refractivity contribution >= 4 is 50.4 Å². The van der Waals surface area contributed by atoms with Gasteiger partial charge in [0, 0.05) is 35.7 Å². The first-order valence-electron chi connectivity index (χ1n) is 14.5. The van der Waals surface area contributed by atoms with E-state index >= 15 is 0 Å². The molecule has 0 unspecified atom stereocenters. The standard InChI is InChI=1S/C33H33N3O5/c37-27-20-30(36-16-18-39-19-17-36)41-32-22(9-7-10-24(27)32)23-12-13-26(31-25-8-3-4-11-28(25)40-33(23)31)34-29(38)21-35-14-5-1-2-6-15-35/h3-4,7-13,20H,1-2,5-6,14-19,21H2,(H,34,38). The minimum Gasteiger partial charge on any atom is -0.455 e. The van der Waals surface area contributed by atoms with Gasteiger partial charge in [0.25, 0.3) is 0 Å². The number of anilines is 2. The quantitative estimate of drug-likeness (QED) is 0.286. The van der Waals surface area contributed by atoms with Crippen LogP contribution in [0.25, 0.3) is 44.0 Å². The minimum absolute atomic E-state index is 0.0301. The van der Waals surface area contributed by atoms with Gasteiger partial charge >= 0.3 is 0 Å². The zero-order valence-electron chi connectivity index (χ0n) is 23.0. The second-order valence-electron chi connectivity index (χ2n) is 10.9. The summed E-state index contributed by atoms with van der Waals surface area (Å²) < 4.78 is 18.4. The Morgan fingerprint density at radius 3 is 2.37 bits per heavy atom. The zero-order chi connectivity index (χ0) is 27.8. The number of amides is 1. The summed E-state index contributed by atoms with van der Waals surface area (Å²) in [6.45, 7) is 4.79. The summed E-state index contributed by atoms with van der Waals surface area (Å²) in [6, 6.07) is 18.9. The maximum Gasteiger partial charge on any atom is 0.238 e. The number of carbonyl (C=O) groups excluding carboxylic acids is 1. The fourth-order valence-corrected chi connectivity index (χ4v) is 6.15. The van der Waals surface area contributed by atoms with Crippen LogP contribution in [-0.4, -0.2) is 56.7 Å². The minimum atomic E-state index is -0.0900. The van der Waals surface area contributed by atoms with Gasteiger partial charge in [-0.05, 0) is 50.2 Å². The number of nitrogens with one attached hydrogen (secondary N) is 1. The van der Waals surface area contributed by atoms with Gasteiger partial charge in [-0.3, -0.25) is 14.5 Å². The molecule has 0 spiro atoms. The van der Waals surface area contributed by atoms with Crippen molar-refractivity contribution in [1.82, 2.24) is 4.90 Å². The zero-order valence-corrected chi connectivity index (χ0v) is 23.0. The van der Waals surface area contributed by atoms with E-state index in [1.807, 2.05) is 53.4 Å². The monoisotopic (exact) mass is 551 g/mol. The number of hydrogen-bond acceptors (Lipinski definition) is 7. The Bertz CT molecular complexity index is 1790. The average Bonchev–Trinajstić information content (AvgIpc) is 3.21. The molecule has 8 nitrogen and oxygen atoms in total. The van der Waals surface area contributed by atoms with E-state index in [1.54, 1.807) is 12.1 Å². The van der Waals surface area contributed by atoms with Crippen molar-refractivity contribution in [3.05, 3.63) is 70.9 Å². The lowest BCUT2D eigenvalue weighted by atomic mass is 9.99. The van der Waals surface area contributed by atoms with Crippen LogP contribution in [0.5, 0.6) is 0 Å². The molecule has 0 aliphatic carbocycles. The van der Waals surface area contributed by atoms with Crippen LogP contribution >= 0.6 is 0 Å². The second kappa shape index (κ2) is 11.0. The molecule has 0 saturated carbocycles. The van der Waals surface area contributed by atoms with Gasteiger partial charge in [-0.1, -0.05) is 43.2 Å². The second-order valence-corrected chi connectivity index (χ2v) is 10.9. The van der Waals surface area contributed by atoms with Crippen molar-refractivity contribution < 1.29 is 18.4 Å². The van der Waals surface area contributed by atoms with Crippen LogP contribution in [0.1, 0.15) is 25.7 Å². The average molecular weight is 552 g/mol. The van der Waals surface area contributed by atoms with Crippen LogP contribution in [0.15, 0.2) is 74.3 Å². The number of likely N-dealkylation sites (tertiary alicyclic amines) is 1. The van der Waals surface area contributed by atoms with Crippen molar-refractivity contribution in [2.75, 3.05) is 56.2 Å². The molecule has 2 aliphatic rings. The van der Waals surface area contributed by atoms with E-state index < -0.39 is 0 Å². The molecule has 1 N–H and O–H groups in total. The molecule has 2 fully saturated rings. The van der Waals surface area contributed by atoms with E-state index in [9.17, 15) is 9.59 Å². The van der Waals surface area contributed by atoms with Gasteiger partial charge in [0.2, 0.25) is 5.91 Å². The van der Waals surface area contributed by atoms with Gasteiger partial charge in [0.15, 0.2) is 11.3 Å². The molecule has 2 aromatic heterocycles. The van der Waals surface area contributed by atoms with Crippen molar-refractivity contribution in [2.24, 2.45) is 0 Å². The molecule has 7 rings (SSSR count). The molecule has 0 atom stereocenters. The van der Waals surface area contributed by atoms with Crippen molar-refractivity contribution in [3.8, 4) is 11.1 Å². The number of fused-ring (bicyclic) bond motifs is 4. The summed E-state index contributed by atoms with van der Waals surface area (Å²) in [5.41, 5.74) is 4.08. The summed E-state index contributed by atoms with van der Waals surface area (Å²) in [5.74, 6) is 0.508. The highest BCUT2D eigenvalue weighted by molar-refractivity contribution is 6.18. The molecule has 5 aromatic rings. The normalized spacial score (nSPS) is 16.8. The number of nitrogens with zero attached hydrogens (tertiary/aromatic N) is 2. The molecule has 41 heavy (non-hydrogen) atoms. The number of rotatable bonds is 5. The highest BCUT2D eigenvalue weighted by atomic mass is 16.5. The molecule has 1 amide bonds. The van der Waals surface area contributed by atoms with Crippen LogP contribution in [0.3, 0.4) is 0 Å². The van der Waals surface area contributed by atoms with E-state index in [1.165, 1.54) is 12.8 Å². The van der Waals surface area contributed by atoms with Crippen LogP contribution in [-0.2, 0) is 9.53 Å². The first-order chi connectivity index (χ1) is 20.2. The van der Waals surface area contributed by atoms with Gasteiger partial charge in [-0.2, -0.15) is 0 Å². The number of morpholine rings is 1. The molecular formula is C33H33N3O5. The SMILES string of the molecule is O=C(CN1CCCCCC1)Nc1ccc(-c2cccc3c(=O)cc(N4CCOCC4)oc23)c2oc3ccccc3c12. The van der Waals surface area contributed by atoms with E-state index in [0.29, 0.717) is 61.0 Å². The highest BCUT2D eigenvalue weighted by Gasteiger charge is 2.22. The van der Waals surface area contributed by atoms with Gasteiger partial charge < -0.3 is 23.8 Å². The lowest BCUT2D eigenvalue weighted by Crippen LogP contribution is -2.36. The molecule has 2 saturated heterocycles. The number of furan rings is 1. The summed E-state index contributed by atoms with van der Waals surface area (Å²) in [5, 5.41) is 5.45. The fourth-order valence-electron chi connectivity index (χ4n) is 6.15. The Hall–Kier alpha value is -4.14. The predicted octanol–water partition coefficient (Wildman–Crippen LogP) is 6.01. The number of carbonyl (C=O) groups is 1. The first-order valence-corrected chi connectivity index (χ1v) is 14.5. The Morgan fingerprint density at radius 2 is 1.54 bits per heavy atom. The molecule has 0 radical (unpaired) electrons. The van der Waals surface area contributed by atoms with Crippen LogP contribution in [0.4, 0.5) is 11.6 Å². The molecule has 4 heterocycles. The van der Waals surface area contributed by atoms with Crippen LogP contribution in [0.2, 0.25) is 0 Å². The van der Waals surface area contributed by atoms with Gasteiger partial charge in [-0.15, -0.1) is 0 Å². The van der Waals surface area contributed by atoms with E-state index in [2.05, 4.69) is 10.2 Å². The first kappa shape index (κ1) is 25.8. The third-order valence-corrected chi connectivity index (χ3v) is 8.22. The van der Waals surface area contributed by atoms with Crippen molar-refractivity contribution in [2.45, 2.75) is 25.7 Å².